The first-order valence-corrected chi connectivity index (χ1v) is 26.8. The summed E-state index contributed by atoms with van der Waals surface area (Å²) in [6, 6.07) is 0. The standard InChI is InChI=1S/C61H96O6/c1-4-7-10-13-16-19-22-25-27-29-31-33-36-39-42-45-48-51-54-60(63)66-57-58(56-65-59(62)53-50-47-44-41-38-35-24-21-18-15-12-9-6-3)67-61(64)55-52-49-46-43-40-37-34-32-30-28-26-23-20-17-14-11-8-5-2/h9,12,15-34,58H,4-8,10-11,13-14,35-57H2,1-3H3/b12-9+,18-15+,19-16+,20-17+,24-21+,25-22+,26-23+,29-27+,30-28+,33-31+,34-32+. The summed E-state index contributed by atoms with van der Waals surface area (Å²) in [5.41, 5.74) is 0. The maximum absolute atomic E-state index is 12.8. The predicted octanol–water partition coefficient (Wildman–Crippen LogP) is 17.9. The Morgan fingerprint density at radius 3 is 0.910 bits per heavy atom. The van der Waals surface area contributed by atoms with E-state index in [4.69, 9.17) is 14.2 Å². The Hall–Kier alpha value is -4.45. The molecule has 67 heavy (non-hydrogen) atoms. The summed E-state index contributed by atoms with van der Waals surface area (Å²) < 4.78 is 16.8. The summed E-state index contributed by atoms with van der Waals surface area (Å²) in [5, 5.41) is 0. The number of allylic oxidation sites excluding steroid dienone is 22. The third kappa shape index (κ3) is 52.4. The van der Waals surface area contributed by atoms with E-state index in [0.717, 1.165) is 135 Å². The molecule has 0 amide bonds. The summed E-state index contributed by atoms with van der Waals surface area (Å²) in [7, 11) is 0. The van der Waals surface area contributed by atoms with Crippen molar-refractivity contribution in [3.63, 3.8) is 0 Å². The van der Waals surface area contributed by atoms with Gasteiger partial charge < -0.3 is 14.2 Å². The molecule has 1 atom stereocenters. The average Bonchev–Trinajstić information content (AvgIpc) is 3.33. The van der Waals surface area contributed by atoms with Gasteiger partial charge in [0.25, 0.3) is 0 Å². The van der Waals surface area contributed by atoms with Crippen LogP contribution in [0.15, 0.2) is 134 Å². The van der Waals surface area contributed by atoms with E-state index in [1.165, 1.54) is 38.5 Å². The minimum atomic E-state index is -0.814. The van der Waals surface area contributed by atoms with Crippen LogP contribution in [0.1, 0.15) is 213 Å². The van der Waals surface area contributed by atoms with Crippen LogP contribution in [-0.2, 0) is 28.6 Å². The normalized spacial score (nSPS) is 13.2. The van der Waals surface area contributed by atoms with Crippen molar-refractivity contribution in [2.75, 3.05) is 13.2 Å². The first kappa shape index (κ1) is 62.5. The van der Waals surface area contributed by atoms with Crippen LogP contribution in [0, 0.1) is 0 Å². The average molecular weight is 925 g/mol. The Balaban J connectivity index is 4.54. The quantitative estimate of drug-likeness (QED) is 0.0262. The van der Waals surface area contributed by atoms with Gasteiger partial charge >= 0.3 is 17.9 Å². The van der Waals surface area contributed by atoms with Crippen molar-refractivity contribution in [2.45, 2.75) is 219 Å². The Bertz CT molecular complexity index is 1480. The lowest BCUT2D eigenvalue weighted by atomic mass is 10.1. The number of esters is 3. The van der Waals surface area contributed by atoms with Gasteiger partial charge in [-0.2, -0.15) is 0 Å². The number of hydrogen-bond acceptors (Lipinski definition) is 6. The van der Waals surface area contributed by atoms with Gasteiger partial charge in [-0.25, -0.2) is 0 Å². The lowest BCUT2D eigenvalue weighted by Crippen LogP contribution is -2.30. The number of rotatable bonds is 46. The van der Waals surface area contributed by atoms with Gasteiger partial charge in [0.15, 0.2) is 6.10 Å². The van der Waals surface area contributed by atoms with Crippen LogP contribution in [-0.4, -0.2) is 37.2 Å². The molecule has 0 aliphatic rings. The minimum Gasteiger partial charge on any atom is -0.462 e. The molecule has 0 heterocycles. The smallest absolute Gasteiger partial charge is 0.306 e. The maximum Gasteiger partial charge on any atom is 0.306 e. The van der Waals surface area contributed by atoms with Gasteiger partial charge in [0.2, 0.25) is 0 Å². The highest BCUT2D eigenvalue weighted by Gasteiger charge is 2.19. The zero-order valence-corrected chi connectivity index (χ0v) is 42.9. The topological polar surface area (TPSA) is 78.9 Å². The lowest BCUT2D eigenvalue weighted by molar-refractivity contribution is -0.167. The molecule has 376 valence electrons. The van der Waals surface area contributed by atoms with Crippen molar-refractivity contribution >= 4 is 17.9 Å². The van der Waals surface area contributed by atoms with E-state index in [1.807, 2.05) is 0 Å². The van der Waals surface area contributed by atoms with Gasteiger partial charge in [-0.05, 0) is 89.9 Å². The molecule has 1 unspecified atom stereocenters. The zero-order chi connectivity index (χ0) is 48.6. The van der Waals surface area contributed by atoms with Crippen LogP contribution < -0.4 is 0 Å². The number of hydrogen-bond donors (Lipinski definition) is 0. The second-order valence-electron chi connectivity index (χ2n) is 17.3. The molecule has 0 saturated carbocycles. The van der Waals surface area contributed by atoms with Gasteiger partial charge in [-0.3, -0.25) is 14.4 Å². The second-order valence-corrected chi connectivity index (χ2v) is 17.3. The highest BCUT2D eigenvalue weighted by atomic mass is 16.6. The van der Waals surface area contributed by atoms with Gasteiger partial charge in [0.1, 0.15) is 13.2 Å². The molecule has 0 spiro atoms. The Morgan fingerprint density at radius 2 is 0.582 bits per heavy atom. The van der Waals surface area contributed by atoms with Crippen LogP contribution in [0.3, 0.4) is 0 Å². The highest BCUT2D eigenvalue weighted by Crippen LogP contribution is 2.13. The lowest BCUT2D eigenvalue weighted by Gasteiger charge is -2.18. The van der Waals surface area contributed by atoms with E-state index in [-0.39, 0.29) is 37.5 Å². The minimum absolute atomic E-state index is 0.112. The molecule has 0 aliphatic heterocycles. The van der Waals surface area contributed by atoms with Gasteiger partial charge in [0, 0.05) is 19.3 Å². The van der Waals surface area contributed by atoms with E-state index < -0.39 is 6.10 Å². The third-order valence-electron chi connectivity index (χ3n) is 10.9. The van der Waals surface area contributed by atoms with Crippen LogP contribution in [0.5, 0.6) is 0 Å². The van der Waals surface area contributed by atoms with Gasteiger partial charge in [-0.15, -0.1) is 0 Å². The first-order chi connectivity index (χ1) is 33.0. The molecule has 0 aromatic rings. The molecule has 0 saturated heterocycles. The van der Waals surface area contributed by atoms with Crippen molar-refractivity contribution in [2.24, 2.45) is 0 Å². The molecule has 0 bridgehead atoms. The summed E-state index contributed by atoms with van der Waals surface area (Å²) >= 11 is 0. The summed E-state index contributed by atoms with van der Waals surface area (Å²) in [5.74, 6) is -0.984. The number of carbonyl (C=O) groups is 3. The number of carbonyl (C=O) groups excluding carboxylic acids is 3. The first-order valence-electron chi connectivity index (χ1n) is 26.8. The molecule has 0 aromatic heterocycles. The fourth-order valence-corrected chi connectivity index (χ4v) is 6.82. The van der Waals surface area contributed by atoms with E-state index >= 15 is 0 Å². The summed E-state index contributed by atoms with van der Waals surface area (Å²) in [6.45, 7) is 6.35. The van der Waals surface area contributed by atoms with Crippen molar-refractivity contribution < 1.29 is 28.6 Å². The SMILES string of the molecule is CC/C=C/C=C/C=C/CCCCCCCC(=O)OCC(COC(=O)CCCCCCC/C=C/C=C/C=C/C=C/CCCCC)OC(=O)CCCCCCC/C=C/C=C/C=C/C=C/CCCCC. The van der Waals surface area contributed by atoms with Crippen molar-refractivity contribution in [1.29, 1.82) is 0 Å². The highest BCUT2D eigenvalue weighted by molar-refractivity contribution is 5.71. The molecule has 0 aromatic carbocycles. The molecule has 0 rings (SSSR count). The van der Waals surface area contributed by atoms with E-state index in [9.17, 15) is 14.4 Å². The molecule has 6 heteroatoms. The molecular weight excluding hydrogens is 829 g/mol. The van der Waals surface area contributed by atoms with Crippen LogP contribution in [0.4, 0.5) is 0 Å². The van der Waals surface area contributed by atoms with Crippen molar-refractivity contribution in [3.05, 3.63) is 134 Å². The molecule has 0 N–H and O–H groups in total. The summed E-state index contributed by atoms with van der Waals surface area (Å²) in [6.07, 6.45) is 75.6. The van der Waals surface area contributed by atoms with Gasteiger partial charge in [0.05, 0.1) is 0 Å². The Labute approximate surface area is 411 Å². The second kappa shape index (κ2) is 54.2. The molecule has 0 fully saturated rings. The molecular formula is C61H96O6. The van der Waals surface area contributed by atoms with E-state index in [0.29, 0.717) is 12.8 Å². The van der Waals surface area contributed by atoms with Crippen LogP contribution >= 0.6 is 0 Å². The largest absolute Gasteiger partial charge is 0.462 e. The summed E-state index contributed by atoms with van der Waals surface area (Å²) in [4.78, 5) is 38.1. The van der Waals surface area contributed by atoms with Crippen LogP contribution in [0.2, 0.25) is 0 Å². The monoisotopic (exact) mass is 925 g/mol. The Kier molecular flexibility index (Phi) is 50.6. The van der Waals surface area contributed by atoms with Crippen LogP contribution in [0.25, 0.3) is 0 Å². The van der Waals surface area contributed by atoms with Gasteiger partial charge in [-0.1, -0.05) is 238 Å². The number of unbranched alkanes of at least 4 members (excludes halogenated alkanes) is 21. The fraction of sp³-hybridized carbons (Fsp3) is 0.590. The van der Waals surface area contributed by atoms with E-state index in [2.05, 4.69) is 154 Å². The van der Waals surface area contributed by atoms with Crippen molar-refractivity contribution in [3.8, 4) is 0 Å². The predicted molar refractivity (Wildman–Crippen MR) is 288 cm³/mol. The maximum atomic E-state index is 12.8. The fourth-order valence-electron chi connectivity index (χ4n) is 6.82. The third-order valence-corrected chi connectivity index (χ3v) is 10.9. The molecule has 6 nitrogen and oxygen atoms in total. The molecule has 0 radical (unpaired) electrons. The zero-order valence-electron chi connectivity index (χ0n) is 42.9. The van der Waals surface area contributed by atoms with E-state index in [1.54, 1.807) is 0 Å². The Morgan fingerprint density at radius 1 is 0.313 bits per heavy atom. The molecule has 0 aliphatic carbocycles. The van der Waals surface area contributed by atoms with Crippen molar-refractivity contribution in [1.82, 2.24) is 0 Å². The number of ether oxygens (including phenoxy) is 3.